The molecule has 1 aliphatic carbocycles. The van der Waals surface area contributed by atoms with Crippen molar-refractivity contribution in [3.05, 3.63) is 88.5 Å². The molecule has 0 aliphatic heterocycles. The van der Waals surface area contributed by atoms with Gasteiger partial charge in [0.25, 0.3) is 0 Å². The van der Waals surface area contributed by atoms with Crippen LogP contribution in [0.4, 0.5) is 0 Å². The zero-order valence-corrected chi connectivity index (χ0v) is 24.0. The van der Waals surface area contributed by atoms with Gasteiger partial charge in [0.05, 0.1) is 0 Å². The third kappa shape index (κ3) is 3.46. The summed E-state index contributed by atoms with van der Waals surface area (Å²) < 4.78 is 4.33. The quantitative estimate of drug-likeness (QED) is 0.286. The van der Waals surface area contributed by atoms with Gasteiger partial charge < -0.3 is 0 Å². The van der Waals surface area contributed by atoms with E-state index < -0.39 is 21.6 Å². The van der Waals surface area contributed by atoms with Crippen molar-refractivity contribution >= 4 is 32.4 Å². The van der Waals surface area contributed by atoms with Crippen LogP contribution in [0.15, 0.2) is 60.7 Å². The summed E-state index contributed by atoms with van der Waals surface area (Å²) in [5.41, 5.74) is 7.50. The number of amides is 1. The molecule has 1 N–H and O–H groups in total. The van der Waals surface area contributed by atoms with Gasteiger partial charge in [-0.1, -0.05) is 0 Å². The van der Waals surface area contributed by atoms with Gasteiger partial charge in [-0.15, -0.1) is 0 Å². The minimum absolute atomic E-state index is 0.139. The molecule has 0 heterocycles. The van der Waals surface area contributed by atoms with Crippen LogP contribution in [0.1, 0.15) is 32.6 Å². The fourth-order valence-corrected chi connectivity index (χ4v) is 29.5. The van der Waals surface area contributed by atoms with E-state index in [0.717, 1.165) is 20.9 Å². The fraction of sp³-hybridized carbons (Fsp3) is 0.208. The van der Waals surface area contributed by atoms with Gasteiger partial charge in [0.2, 0.25) is 0 Å². The Kier molecular flexibility index (Phi) is 5.67. The Morgan fingerprint density at radius 3 is 2.17 bits per heavy atom. The third-order valence-electron chi connectivity index (χ3n) is 6.41. The molecule has 0 spiro atoms. The number of rotatable bonds is 4. The molecular formula is C24H26Cl2HfNOSi. The molecule has 30 heavy (non-hydrogen) atoms. The maximum absolute atomic E-state index is 13.5. The zero-order valence-electron chi connectivity index (χ0n) is 17.7. The second-order valence-electron chi connectivity index (χ2n) is 8.62. The van der Waals surface area contributed by atoms with Crippen LogP contribution in [0.5, 0.6) is 0 Å². The predicted molar refractivity (Wildman–Crippen MR) is 128 cm³/mol. The molecule has 0 bridgehead atoms. The van der Waals surface area contributed by atoms with Gasteiger partial charge >= 0.3 is 189 Å². The molecule has 3 aromatic carbocycles. The van der Waals surface area contributed by atoms with Crippen LogP contribution in [-0.2, 0) is 22.0 Å². The van der Waals surface area contributed by atoms with E-state index in [1.54, 1.807) is 0 Å². The number of fused-ring (bicyclic) bond motifs is 3. The van der Waals surface area contributed by atoms with Gasteiger partial charge in [0.15, 0.2) is 0 Å². The molecule has 1 aliphatic rings. The van der Waals surface area contributed by atoms with Gasteiger partial charge in [0, 0.05) is 0 Å². The third-order valence-corrected chi connectivity index (χ3v) is 68.0. The molecule has 0 saturated carbocycles. The van der Waals surface area contributed by atoms with Gasteiger partial charge in [-0.05, 0) is 0 Å². The maximum atomic E-state index is 13.5. The Labute approximate surface area is 187 Å². The monoisotopic (exact) mass is 622 g/mol. The summed E-state index contributed by atoms with van der Waals surface area (Å²) in [4.78, 5) is 13.5. The van der Waals surface area contributed by atoms with E-state index in [4.69, 9.17) is 17.2 Å². The first-order chi connectivity index (χ1) is 14.1. The summed E-state index contributed by atoms with van der Waals surface area (Å²) in [7, 11) is 15.1. The molecule has 3 aromatic rings. The van der Waals surface area contributed by atoms with Crippen LogP contribution < -0.4 is 6.62 Å². The number of hydrogen-bond donors (Lipinski definition) is 1. The van der Waals surface area contributed by atoms with Crippen LogP contribution in [0, 0.1) is 13.8 Å². The number of aryl methyl sites for hydroxylation is 2. The van der Waals surface area contributed by atoms with Crippen molar-refractivity contribution in [2.24, 2.45) is 0 Å². The fourth-order valence-electron chi connectivity index (χ4n) is 4.55. The molecule has 0 fully saturated rings. The molecule has 6 heteroatoms. The second-order valence-corrected chi connectivity index (χ2v) is 63.9. The Morgan fingerprint density at radius 1 is 0.900 bits per heavy atom. The minimum atomic E-state index is -4.97. The van der Waals surface area contributed by atoms with Crippen molar-refractivity contribution in [3.63, 3.8) is 0 Å². The number of benzene rings is 3. The summed E-state index contributed by atoms with van der Waals surface area (Å²) in [6.45, 7) is 8.25. The molecule has 0 aromatic heterocycles. The van der Waals surface area contributed by atoms with Crippen LogP contribution in [0.25, 0.3) is 11.1 Å². The Balaban J connectivity index is 1.86. The van der Waals surface area contributed by atoms with Crippen LogP contribution in [0.3, 0.4) is 0 Å². The van der Waals surface area contributed by atoms with Gasteiger partial charge in [-0.3, -0.25) is 0 Å². The van der Waals surface area contributed by atoms with E-state index in [2.05, 4.69) is 52.8 Å². The average Bonchev–Trinajstić information content (AvgIpc) is 3.06. The summed E-state index contributed by atoms with van der Waals surface area (Å²) in [5, 5.41) is 0. The molecule has 0 saturated heterocycles. The number of hydrogen-bond acceptors (Lipinski definition) is 1. The molecule has 0 atom stereocenters. The van der Waals surface area contributed by atoms with E-state index in [1.807, 2.05) is 38.1 Å². The van der Waals surface area contributed by atoms with Crippen molar-refractivity contribution in [1.82, 2.24) is 3.30 Å². The predicted octanol–water partition coefficient (Wildman–Crippen LogP) is 5.83. The molecule has 1 amide bonds. The first-order valence-corrected chi connectivity index (χ1v) is 31.9. The van der Waals surface area contributed by atoms with Crippen molar-refractivity contribution in [3.8, 4) is 11.1 Å². The molecule has 155 valence electrons. The average molecular weight is 622 g/mol. The van der Waals surface area contributed by atoms with E-state index in [-0.39, 0.29) is 5.91 Å². The number of halogens is 2. The molecule has 0 radical (unpaired) electrons. The second kappa shape index (κ2) is 7.74. The van der Waals surface area contributed by atoms with E-state index in [1.165, 1.54) is 22.3 Å². The van der Waals surface area contributed by atoms with Crippen LogP contribution >= 0.6 is 17.2 Å². The Morgan fingerprint density at radius 2 is 1.50 bits per heavy atom. The van der Waals surface area contributed by atoms with Crippen molar-refractivity contribution in [1.29, 1.82) is 0 Å². The van der Waals surface area contributed by atoms with Gasteiger partial charge in [-0.2, -0.15) is 0 Å². The molecular weight excluding hydrogens is 596 g/mol. The Bertz CT molecular complexity index is 1160. The van der Waals surface area contributed by atoms with Crippen molar-refractivity contribution in [2.75, 3.05) is 0 Å². The van der Waals surface area contributed by atoms with E-state index >= 15 is 0 Å². The first-order valence-electron chi connectivity index (χ1n) is 10.3. The summed E-state index contributed by atoms with van der Waals surface area (Å²) >= 11 is -4.97. The normalized spacial score (nSPS) is 14.0. The van der Waals surface area contributed by atoms with E-state index in [0.29, 0.717) is 5.56 Å². The van der Waals surface area contributed by atoms with E-state index in [9.17, 15) is 4.79 Å². The summed E-state index contributed by atoms with van der Waals surface area (Å²) in [5.74, 6) is -1.81. The van der Waals surface area contributed by atoms with Gasteiger partial charge in [-0.25, -0.2) is 0 Å². The van der Waals surface area contributed by atoms with Gasteiger partial charge in [0.1, 0.15) is 0 Å². The zero-order chi connectivity index (χ0) is 21.7. The number of carbonyl (C=O) groups is 1. The number of nitrogens with one attached hydrogen (secondary N) is 1. The SMILES string of the molecule is Cc1cccc(C)c1C(=O)[NH][Hf]([Cl])([Cl])([c]1cccc2c1Cc1ccccc1-2)[SiH](C)C. The topological polar surface area (TPSA) is 29.1 Å². The first kappa shape index (κ1) is 22.0. The molecule has 4 rings (SSSR count). The molecule has 0 unspecified atom stereocenters. The standard InChI is InChI=1S/C13H9.C9H11NO.C2H7Si.2ClH.Hf/c1-3-7-12-10(5-1)9-11-6-2-4-8-13(11)12;1-6-4-3-5-7(2)8(6)9(10)11;1-3-2;;;/h1-5,7-8H,9H2;3-5H,1-2H3,(H2,10,11);3H,1-2H3;2*1H;/q;;;;;+3/p-3. The van der Waals surface area contributed by atoms with Crippen molar-refractivity contribution in [2.45, 2.75) is 33.4 Å². The molecule has 2 nitrogen and oxygen atoms in total. The summed E-state index contributed by atoms with van der Waals surface area (Å²) in [6, 6.07) is 20.6. The summed E-state index contributed by atoms with van der Waals surface area (Å²) in [6.07, 6.45) is 0.813. The van der Waals surface area contributed by atoms with Crippen LogP contribution in [0.2, 0.25) is 13.1 Å². The van der Waals surface area contributed by atoms with Crippen LogP contribution in [-0.4, -0.2) is 11.9 Å². The van der Waals surface area contributed by atoms with Crippen molar-refractivity contribution < 1.29 is 20.4 Å². The Hall–Kier alpha value is -1.20. The number of carbonyl (C=O) groups excluding carboxylic acids is 1.